The highest BCUT2D eigenvalue weighted by Gasteiger charge is 2.56. The monoisotopic (exact) mass is 1480 g/mol. The van der Waals surface area contributed by atoms with Crippen molar-refractivity contribution in [3.05, 3.63) is 29.8 Å². The second-order valence-corrected chi connectivity index (χ2v) is 31.8. The molecule has 103 heavy (non-hydrogen) atoms. The predicted octanol–water partition coefficient (Wildman–Crippen LogP) is -1.33. The number of carbonyl (C=O) groups excluding carboxylic acids is 7. The van der Waals surface area contributed by atoms with Gasteiger partial charge in [-0.05, 0) is 85.2 Å². The molecule has 1 fully saturated rings. The zero-order chi connectivity index (χ0) is 78.0. The van der Waals surface area contributed by atoms with Crippen molar-refractivity contribution in [3.63, 3.8) is 0 Å². The lowest BCUT2D eigenvalue weighted by molar-refractivity contribution is -0.145. The van der Waals surface area contributed by atoms with E-state index in [1.54, 1.807) is 41.5 Å². The number of nitrogens with one attached hydrogen (secondary N) is 8. The van der Waals surface area contributed by atoms with Crippen molar-refractivity contribution in [1.29, 1.82) is 0 Å². The number of amides is 8. The molecular weight excluding hydrogens is 1380 g/mol. The number of hydrogen-bond acceptors (Lipinski definition) is 20. The van der Waals surface area contributed by atoms with Crippen LogP contribution >= 0.6 is 0 Å². The molecule has 1 aromatic carbocycles. The van der Waals surface area contributed by atoms with Gasteiger partial charge in [0.2, 0.25) is 29.5 Å². The number of urea groups is 1. The average molecular weight is 1490 g/mol. The molecule has 2 rings (SSSR count). The third-order valence-corrected chi connectivity index (χ3v) is 22.1. The molecule has 17 N–H and O–H groups in total. The number of unbranched alkanes of at least 4 members (excludes halogenated alkanes) is 1. The number of carbonyl (C=O) groups is 16. The molecule has 8 amide bonds. The first-order valence-electron chi connectivity index (χ1n) is 33.5. The lowest BCUT2D eigenvalue weighted by atomic mass is 10.1. The molecule has 6 atom stereocenters. The maximum atomic E-state index is 17.1. The molecular formula is C64H101FN12O25Si. The van der Waals surface area contributed by atoms with E-state index in [0.29, 0.717) is 5.19 Å². The van der Waals surface area contributed by atoms with Crippen LogP contribution in [0.5, 0.6) is 0 Å². The first-order valence-corrected chi connectivity index (χ1v) is 35.4. The van der Waals surface area contributed by atoms with Gasteiger partial charge < -0.3 is 92.6 Å². The van der Waals surface area contributed by atoms with Crippen molar-refractivity contribution in [2.75, 3.05) is 91.6 Å². The number of benzene rings is 1. The zero-order valence-electron chi connectivity index (χ0n) is 58.8. The topological polar surface area (TPSA) is 564 Å². The van der Waals surface area contributed by atoms with Crippen molar-refractivity contribution in [3.8, 4) is 0 Å². The Bertz CT molecular complexity index is 3070. The molecule has 1 aliphatic heterocycles. The Balaban J connectivity index is 2.14. The van der Waals surface area contributed by atoms with Gasteiger partial charge in [-0.2, -0.15) is 0 Å². The minimum atomic E-state index is -3.77. The third-order valence-electron chi connectivity index (χ3n) is 16.9. The molecule has 1 aliphatic rings. The van der Waals surface area contributed by atoms with Crippen LogP contribution in [-0.4, -0.2) is 297 Å². The van der Waals surface area contributed by atoms with Crippen molar-refractivity contribution in [2.45, 2.75) is 178 Å². The molecule has 1 saturated heterocycles. The Morgan fingerprint density at radius 3 is 1.22 bits per heavy atom. The minimum absolute atomic E-state index is 0.00248. The summed E-state index contributed by atoms with van der Waals surface area (Å²) >= 11 is 0. The number of halogens is 1. The maximum Gasteiger partial charge on any atom is 0.326 e. The molecule has 1 aromatic rings. The summed E-state index contributed by atoms with van der Waals surface area (Å²) in [4.78, 5) is 205. The normalized spacial score (nSPS) is 15.6. The van der Waals surface area contributed by atoms with E-state index in [-0.39, 0.29) is 129 Å². The quantitative estimate of drug-likeness (QED) is 0.0205. The fourth-order valence-corrected chi connectivity index (χ4v) is 16.2. The standard InChI is InChI=1S/C64H101FN12O25Si/c1-63(2,3)103(65,64(4,5)6)40-17-15-39(16-18-40)55(90)68-35-45(70-50(81)22-20-46(61(100)101)77-33-31-75(37-53(86)87)29-27-74(36-52(84)85)28-30-76(32-34-77)38-54(88)89)56(91)71-42(58(94)95)11-7-8-25-66-47(78)23-24-48(79)67-26-10-13-41(57(92)93)69-49(80)21-19-44(60(98)99)73-62(102)72-43(59(96)97)12-9-14-51(82)83/h15-18,41-46H,7-14,19-38H2,1-6H3,(H,66,78)(H,67,79)(H,68,90)(H,69,80)(H,70,81)(H,71,91)(H,82,83)(H,84,85)(H,86,87)(H,88,89)(H,92,93)(H,94,95)(H,96,97)(H,98,99)(H,100,101)(H2,72,73,102)/t41-,42+,43+,44+,45+,46-/m1/s1. The summed E-state index contributed by atoms with van der Waals surface area (Å²) in [5.74, 6) is -17.3. The van der Waals surface area contributed by atoms with Gasteiger partial charge >= 0.3 is 59.8 Å². The third kappa shape index (κ3) is 33.9. The summed E-state index contributed by atoms with van der Waals surface area (Å²) in [6.45, 7) is 8.45. The Kier molecular flexibility index (Phi) is 38.4. The Morgan fingerprint density at radius 1 is 0.408 bits per heavy atom. The van der Waals surface area contributed by atoms with Gasteiger partial charge in [0.05, 0.1) is 19.6 Å². The van der Waals surface area contributed by atoms with Crippen LogP contribution < -0.4 is 47.7 Å². The number of carboxylic acid groups (broad SMARTS) is 9. The van der Waals surface area contributed by atoms with Gasteiger partial charge in [0.15, 0.2) is 0 Å². The molecule has 0 aromatic heterocycles. The molecule has 37 nitrogen and oxygen atoms in total. The molecule has 39 heteroatoms. The average Bonchev–Trinajstić information content (AvgIpc) is 0.748. The van der Waals surface area contributed by atoms with E-state index in [1.807, 2.05) is 10.6 Å². The molecule has 0 bridgehead atoms. The smallest absolute Gasteiger partial charge is 0.326 e. The predicted molar refractivity (Wildman–Crippen MR) is 364 cm³/mol. The van der Waals surface area contributed by atoms with E-state index >= 15 is 4.11 Å². The second-order valence-electron chi connectivity index (χ2n) is 26.9. The fraction of sp³-hybridized carbons (Fsp3) is 0.656. The number of hydrogen-bond donors (Lipinski definition) is 17. The number of rotatable bonds is 44. The van der Waals surface area contributed by atoms with E-state index < -0.39 is 208 Å². The summed E-state index contributed by atoms with van der Waals surface area (Å²) in [5.41, 5.74) is 0.0386. The van der Waals surface area contributed by atoms with E-state index in [9.17, 15) is 118 Å². The first kappa shape index (κ1) is 89.6. The van der Waals surface area contributed by atoms with Crippen LogP contribution in [0, 0.1) is 0 Å². The van der Waals surface area contributed by atoms with Crippen molar-refractivity contribution in [1.82, 2.24) is 62.1 Å². The van der Waals surface area contributed by atoms with Crippen LogP contribution in [0.2, 0.25) is 10.1 Å². The lowest BCUT2D eigenvalue weighted by Crippen LogP contribution is -2.58. The SMILES string of the molecule is CC(C)(C)[Si](F)(c1ccc(C(=O)NC[C@H](NC(=O)CC[C@H](C(=O)O)N2CCN(CC(=O)O)CCN(CC(=O)O)CCN(CC(=O)O)CC2)C(=O)N[C@@H](CCCCNC(=O)CCC(=O)NCCC[C@@H](NC(=O)CC[C@H](NC(=O)N[C@@H](CCCC(=O)O)C(=O)O)C(=O)O)C(=O)O)C(=O)O)cc1)C(C)(C)C. The lowest BCUT2D eigenvalue weighted by Gasteiger charge is -2.44. The van der Waals surface area contributed by atoms with Gasteiger partial charge in [-0.25, -0.2) is 24.0 Å². The van der Waals surface area contributed by atoms with Gasteiger partial charge in [-0.15, -0.1) is 0 Å². The van der Waals surface area contributed by atoms with Gasteiger partial charge in [-0.3, -0.25) is 72.3 Å². The Hall–Kier alpha value is -9.47. The summed E-state index contributed by atoms with van der Waals surface area (Å²) in [7, 11) is -3.77. The molecule has 0 spiro atoms. The molecule has 0 aliphatic carbocycles. The van der Waals surface area contributed by atoms with Crippen LogP contribution in [0.4, 0.5) is 8.90 Å². The largest absolute Gasteiger partial charge is 0.481 e. The molecule has 0 unspecified atom stereocenters. The van der Waals surface area contributed by atoms with Crippen LogP contribution in [-0.2, 0) is 67.1 Å². The summed E-state index contributed by atoms with van der Waals surface area (Å²) in [6.07, 6.45) is -3.85. The van der Waals surface area contributed by atoms with Crippen molar-refractivity contribution in [2.24, 2.45) is 0 Å². The van der Waals surface area contributed by atoms with Crippen molar-refractivity contribution < 1.29 is 127 Å². The van der Waals surface area contributed by atoms with E-state index in [4.69, 9.17) is 5.11 Å². The van der Waals surface area contributed by atoms with Crippen molar-refractivity contribution >= 4 is 109 Å². The Labute approximate surface area is 594 Å². The summed E-state index contributed by atoms with van der Waals surface area (Å²) in [5, 5.41) is 105. The highest BCUT2D eigenvalue weighted by Crippen LogP contribution is 2.51. The first-order chi connectivity index (χ1) is 48.0. The summed E-state index contributed by atoms with van der Waals surface area (Å²) in [6, 6.07) is -4.98. The van der Waals surface area contributed by atoms with Crippen LogP contribution in [0.25, 0.3) is 0 Å². The molecule has 0 radical (unpaired) electrons. The molecule has 578 valence electrons. The van der Waals surface area contributed by atoms with Crippen LogP contribution in [0.1, 0.15) is 142 Å². The highest BCUT2D eigenvalue weighted by atomic mass is 28.4. The zero-order valence-corrected chi connectivity index (χ0v) is 59.8. The highest BCUT2D eigenvalue weighted by molar-refractivity contribution is 6.90. The number of aliphatic carboxylic acids is 9. The number of nitrogens with zero attached hydrogens (tertiary/aromatic N) is 4. The fourth-order valence-electron chi connectivity index (χ4n) is 11.6. The van der Waals surface area contributed by atoms with Gasteiger partial charge in [-0.1, -0.05) is 53.7 Å². The Morgan fingerprint density at radius 2 is 0.796 bits per heavy atom. The molecule has 0 saturated carbocycles. The van der Waals surface area contributed by atoms with Crippen LogP contribution in [0.3, 0.4) is 0 Å². The maximum absolute atomic E-state index is 17.1. The summed E-state index contributed by atoms with van der Waals surface area (Å²) < 4.78 is 17.1. The van der Waals surface area contributed by atoms with E-state index in [1.165, 1.54) is 43.9 Å². The molecule has 1 heterocycles. The van der Waals surface area contributed by atoms with E-state index in [2.05, 4.69) is 31.9 Å². The van der Waals surface area contributed by atoms with Crippen LogP contribution in [0.15, 0.2) is 24.3 Å². The van der Waals surface area contributed by atoms with Gasteiger partial charge in [0.1, 0.15) is 36.3 Å². The number of carboxylic acids is 9. The van der Waals surface area contributed by atoms with Gasteiger partial charge in [0.25, 0.3) is 14.3 Å². The van der Waals surface area contributed by atoms with Gasteiger partial charge in [0, 0.05) is 110 Å². The van der Waals surface area contributed by atoms with E-state index in [0.717, 1.165) is 0 Å². The second kappa shape index (κ2) is 44.1. The minimum Gasteiger partial charge on any atom is -0.481 e.